The Labute approximate surface area is 145 Å². The van der Waals surface area contributed by atoms with Crippen LogP contribution in [0.1, 0.15) is 17.3 Å². The first kappa shape index (κ1) is 18.4. The van der Waals surface area contributed by atoms with Gasteiger partial charge in [-0.3, -0.25) is 15.0 Å². The highest BCUT2D eigenvalue weighted by Gasteiger charge is 2.16. The van der Waals surface area contributed by atoms with Crippen molar-refractivity contribution in [2.24, 2.45) is 0 Å². The van der Waals surface area contributed by atoms with E-state index in [4.69, 9.17) is 4.74 Å². The summed E-state index contributed by atoms with van der Waals surface area (Å²) in [5.41, 5.74) is 2.87. The van der Waals surface area contributed by atoms with E-state index >= 15 is 0 Å². The van der Waals surface area contributed by atoms with Crippen LogP contribution >= 0.6 is 0 Å². The minimum absolute atomic E-state index is 0.0587. The molecule has 0 fully saturated rings. The molecule has 0 radical (unpaired) electrons. The molecule has 2 amide bonds. The highest BCUT2D eigenvalue weighted by molar-refractivity contribution is 7.89. The number of hydrazine groups is 1. The zero-order valence-corrected chi connectivity index (χ0v) is 14.4. The molecule has 2 rings (SSSR count). The van der Waals surface area contributed by atoms with Crippen molar-refractivity contribution in [1.82, 2.24) is 10.3 Å². The number of ether oxygens (including phenoxy) is 1. The van der Waals surface area contributed by atoms with E-state index in [1.807, 2.05) is 4.83 Å². The molecule has 0 spiro atoms. The van der Waals surface area contributed by atoms with Gasteiger partial charge in [0.15, 0.2) is 0 Å². The summed E-state index contributed by atoms with van der Waals surface area (Å²) in [6, 6.07) is 11.7. The molecule has 25 heavy (non-hydrogen) atoms. The molecular weight excluding hydrogens is 346 g/mol. The van der Waals surface area contributed by atoms with Crippen LogP contribution in [-0.2, 0) is 14.8 Å². The van der Waals surface area contributed by atoms with Gasteiger partial charge in [0.1, 0.15) is 5.75 Å². The number of nitrogens with one attached hydrogen (secondary N) is 3. The second-order valence-electron chi connectivity index (χ2n) is 4.99. The van der Waals surface area contributed by atoms with Crippen LogP contribution < -0.4 is 20.3 Å². The predicted molar refractivity (Wildman–Crippen MR) is 91.5 cm³/mol. The van der Waals surface area contributed by atoms with Gasteiger partial charge in [-0.1, -0.05) is 0 Å². The summed E-state index contributed by atoms with van der Waals surface area (Å²) < 4.78 is 29.3. The quantitative estimate of drug-likeness (QED) is 0.669. The summed E-state index contributed by atoms with van der Waals surface area (Å²) in [7, 11) is -2.44. The van der Waals surface area contributed by atoms with E-state index in [0.29, 0.717) is 11.4 Å². The van der Waals surface area contributed by atoms with E-state index in [2.05, 4.69) is 10.7 Å². The van der Waals surface area contributed by atoms with Crippen molar-refractivity contribution in [2.45, 2.75) is 11.8 Å². The van der Waals surface area contributed by atoms with Crippen molar-refractivity contribution in [3.8, 4) is 5.75 Å². The number of rotatable bonds is 6. The fourth-order valence-electron chi connectivity index (χ4n) is 1.91. The van der Waals surface area contributed by atoms with Crippen LogP contribution in [-0.4, -0.2) is 27.3 Å². The van der Waals surface area contributed by atoms with E-state index in [1.54, 1.807) is 12.1 Å². The van der Waals surface area contributed by atoms with Gasteiger partial charge in [-0.15, -0.1) is 4.83 Å². The van der Waals surface area contributed by atoms with Gasteiger partial charge in [0.05, 0.1) is 12.0 Å². The van der Waals surface area contributed by atoms with Crippen LogP contribution in [0.25, 0.3) is 0 Å². The monoisotopic (exact) mass is 363 g/mol. The Kier molecular flexibility index (Phi) is 5.73. The molecule has 0 aromatic heterocycles. The SMILES string of the molecule is COc1ccc(C(=O)NNS(=O)(=O)c2ccc(NC(C)=O)cc2)cc1. The number of sulfonamides is 1. The summed E-state index contributed by atoms with van der Waals surface area (Å²) in [5, 5.41) is 2.53. The van der Waals surface area contributed by atoms with Crippen LogP contribution in [0.4, 0.5) is 5.69 Å². The lowest BCUT2D eigenvalue weighted by atomic mass is 10.2. The van der Waals surface area contributed by atoms with Crippen molar-refractivity contribution >= 4 is 27.5 Å². The molecule has 8 nitrogen and oxygen atoms in total. The fourth-order valence-corrected chi connectivity index (χ4v) is 2.75. The van der Waals surface area contributed by atoms with Gasteiger partial charge in [0.25, 0.3) is 15.9 Å². The average Bonchev–Trinajstić information content (AvgIpc) is 2.60. The molecule has 0 aliphatic heterocycles. The zero-order chi connectivity index (χ0) is 18.4. The minimum atomic E-state index is -3.94. The average molecular weight is 363 g/mol. The van der Waals surface area contributed by atoms with Crippen LogP contribution in [0, 0.1) is 0 Å². The summed E-state index contributed by atoms with van der Waals surface area (Å²) >= 11 is 0. The van der Waals surface area contributed by atoms with Crippen molar-refractivity contribution in [2.75, 3.05) is 12.4 Å². The van der Waals surface area contributed by atoms with E-state index in [1.165, 1.54) is 50.4 Å². The molecule has 9 heteroatoms. The number of hydrogen-bond acceptors (Lipinski definition) is 5. The van der Waals surface area contributed by atoms with E-state index in [9.17, 15) is 18.0 Å². The van der Waals surface area contributed by atoms with Crippen molar-refractivity contribution in [3.05, 3.63) is 54.1 Å². The van der Waals surface area contributed by atoms with Crippen molar-refractivity contribution in [3.63, 3.8) is 0 Å². The van der Waals surface area contributed by atoms with Crippen molar-refractivity contribution in [1.29, 1.82) is 0 Å². The van der Waals surface area contributed by atoms with Crippen LogP contribution in [0.15, 0.2) is 53.4 Å². The first-order valence-corrected chi connectivity index (χ1v) is 8.64. The van der Waals surface area contributed by atoms with Gasteiger partial charge in [0, 0.05) is 18.2 Å². The van der Waals surface area contributed by atoms with Gasteiger partial charge in [0.2, 0.25) is 5.91 Å². The third kappa shape index (κ3) is 5.03. The maximum atomic E-state index is 12.2. The predicted octanol–water partition coefficient (Wildman–Crippen LogP) is 1.28. The first-order chi connectivity index (χ1) is 11.8. The molecule has 2 aromatic rings. The number of hydrogen-bond donors (Lipinski definition) is 3. The van der Waals surface area contributed by atoms with Crippen LogP contribution in [0.3, 0.4) is 0 Å². The maximum Gasteiger partial charge on any atom is 0.266 e. The Bertz CT molecular complexity index is 862. The third-order valence-corrected chi connectivity index (χ3v) is 4.40. The summed E-state index contributed by atoms with van der Waals surface area (Å²) in [6.07, 6.45) is 0. The molecule has 3 N–H and O–H groups in total. The normalized spacial score (nSPS) is 10.8. The van der Waals surface area contributed by atoms with Gasteiger partial charge in [-0.2, -0.15) is 0 Å². The molecule has 132 valence electrons. The lowest BCUT2D eigenvalue weighted by Gasteiger charge is -2.09. The fraction of sp³-hybridized carbons (Fsp3) is 0.125. The highest BCUT2D eigenvalue weighted by atomic mass is 32.2. The number of anilines is 1. The zero-order valence-electron chi connectivity index (χ0n) is 13.6. The highest BCUT2D eigenvalue weighted by Crippen LogP contribution is 2.14. The van der Waals surface area contributed by atoms with Gasteiger partial charge in [-0.25, -0.2) is 8.42 Å². The minimum Gasteiger partial charge on any atom is -0.497 e. The lowest BCUT2D eigenvalue weighted by molar-refractivity contribution is -0.114. The van der Waals surface area contributed by atoms with E-state index < -0.39 is 15.9 Å². The standard InChI is InChI=1S/C16H17N3O5S/c1-11(20)17-13-5-9-15(10-6-13)25(22,23)19-18-16(21)12-3-7-14(24-2)8-4-12/h3-10,19H,1-2H3,(H,17,20)(H,18,21). The largest absolute Gasteiger partial charge is 0.497 e. The van der Waals surface area contributed by atoms with Gasteiger partial charge < -0.3 is 10.1 Å². The van der Waals surface area contributed by atoms with E-state index in [-0.39, 0.29) is 16.4 Å². The Morgan fingerprint density at radius 3 is 2.08 bits per heavy atom. The van der Waals surface area contributed by atoms with Gasteiger partial charge >= 0.3 is 0 Å². The second-order valence-corrected chi connectivity index (χ2v) is 6.68. The summed E-state index contributed by atoms with van der Waals surface area (Å²) in [6.45, 7) is 1.35. The molecule has 0 unspecified atom stereocenters. The number of amides is 2. The number of methoxy groups -OCH3 is 1. The molecule has 0 bridgehead atoms. The summed E-state index contributed by atoms with van der Waals surface area (Å²) in [5.74, 6) is -0.294. The Morgan fingerprint density at radius 1 is 0.960 bits per heavy atom. The first-order valence-electron chi connectivity index (χ1n) is 7.15. The molecule has 0 saturated heterocycles. The van der Waals surface area contributed by atoms with Crippen LogP contribution in [0.5, 0.6) is 5.75 Å². The second kappa shape index (κ2) is 7.77. The topological polar surface area (TPSA) is 114 Å². The Balaban J connectivity index is 2.02. The number of benzene rings is 2. The van der Waals surface area contributed by atoms with Crippen molar-refractivity contribution < 1.29 is 22.7 Å². The molecule has 0 atom stereocenters. The lowest BCUT2D eigenvalue weighted by Crippen LogP contribution is -2.41. The molecule has 0 aliphatic rings. The van der Waals surface area contributed by atoms with Gasteiger partial charge in [-0.05, 0) is 48.5 Å². The molecule has 0 heterocycles. The smallest absolute Gasteiger partial charge is 0.266 e. The Hall–Kier alpha value is -2.91. The van der Waals surface area contributed by atoms with Crippen LogP contribution in [0.2, 0.25) is 0 Å². The molecular formula is C16H17N3O5S. The molecule has 0 saturated carbocycles. The maximum absolute atomic E-state index is 12.2. The molecule has 2 aromatic carbocycles. The van der Waals surface area contributed by atoms with E-state index in [0.717, 1.165) is 0 Å². The molecule has 0 aliphatic carbocycles. The Morgan fingerprint density at radius 2 is 1.56 bits per heavy atom. The number of carbonyl (C=O) groups is 2. The third-order valence-electron chi connectivity index (χ3n) is 3.14. The number of carbonyl (C=O) groups excluding carboxylic acids is 2. The summed E-state index contributed by atoms with van der Waals surface area (Å²) in [4.78, 5) is 24.9.